The van der Waals surface area contributed by atoms with E-state index in [0.29, 0.717) is 19.3 Å². The van der Waals surface area contributed by atoms with Gasteiger partial charge in [-0.1, -0.05) is 38.8 Å². The molecule has 3 saturated carbocycles. The lowest BCUT2D eigenvalue weighted by Gasteiger charge is -2.68. The van der Waals surface area contributed by atoms with Crippen LogP contribution >= 0.6 is 0 Å². The van der Waals surface area contributed by atoms with Crippen molar-refractivity contribution in [1.29, 1.82) is 0 Å². The van der Waals surface area contributed by atoms with Crippen LogP contribution in [0.15, 0.2) is 11.6 Å². The van der Waals surface area contributed by atoms with Crippen molar-refractivity contribution in [1.82, 2.24) is 0 Å². The van der Waals surface area contributed by atoms with Crippen LogP contribution in [0.1, 0.15) is 73.1 Å². The van der Waals surface area contributed by atoms with Crippen molar-refractivity contribution < 1.29 is 34.8 Å². The summed E-state index contributed by atoms with van der Waals surface area (Å²) in [6, 6.07) is 0. The molecule has 0 heterocycles. The molecule has 0 unspecified atom stereocenters. The maximum Gasteiger partial charge on any atom is 0.310 e. The van der Waals surface area contributed by atoms with E-state index in [-0.39, 0.29) is 47.1 Å². The molecule has 0 aliphatic heterocycles. The van der Waals surface area contributed by atoms with Gasteiger partial charge >= 0.3 is 17.9 Å². The highest BCUT2D eigenvalue weighted by Gasteiger charge is 2.71. The van der Waals surface area contributed by atoms with Crippen LogP contribution in [-0.4, -0.2) is 40.2 Å². The first kappa shape index (κ1) is 25.7. The van der Waals surface area contributed by atoms with Crippen LogP contribution in [0, 0.1) is 51.8 Å². The normalized spacial score (nSPS) is 43.6. The van der Waals surface area contributed by atoms with Crippen molar-refractivity contribution >= 4 is 17.9 Å². The number of hydrogen-bond donors (Lipinski definition) is 2. The number of hydrogen-bond acceptors (Lipinski definition) is 4. The van der Waals surface area contributed by atoms with Gasteiger partial charge in [0.25, 0.3) is 0 Å². The highest BCUT2D eigenvalue weighted by atomic mass is 16.5. The quantitative estimate of drug-likeness (QED) is 0.467. The van der Waals surface area contributed by atoms with Crippen LogP contribution in [0.4, 0.5) is 0 Å². The number of aliphatic carboxylic acids is 2. The fraction of sp³-hybridized carbons (Fsp3) is 0.808. The van der Waals surface area contributed by atoms with Gasteiger partial charge in [-0.05, 0) is 75.0 Å². The summed E-state index contributed by atoms with van der Waals surface area (Å²) in [5, 5.41) is 20.6. The molecule has 5 aliphatic carbocycles. The first-order valence-electron chi connectivity index (χ1n) is 12.3. The third-order valence-electron chi connectivity index (χ3n) is 9.99. The van der Waals surface area contributed by atoms with Crippen molar-refractivity contribution in [2.75, 3.05) is 6.61 Å². The number of carbonyl (C=O) groups excluding carboxylic acids is 1. The molecule has 4 N–H and O–H groups in total. The van der Waals surface area contributed by atoms with Crippen molar-refractivity contribution in [2.24, 2.45) is 51.8 Å². The molecule has 5 rings (SSSR count). The monoisotopic (exact) mass is 464 g/mol. The molecule has 0 amide bonds. The predicted octanol–water partition coefficient (Wildman–Crippen LogP) is 3.95. The molecule has 0 radical (unpaired) electrons. The fourth-order valence-electron chi connectivity index (χ4n) is 8.79. The largest absolute Gasteiger partial charge is 0.481 e. The van der Waals surface area contributed by atoms with Gasteiger partial charge in [-0.3, -0.25) is 14.4 Å². The van der Waals surface area contributed by atoms with E-state index in [1.54, 1.807) is 6.92 Å². The molecule has 186 valence electrons. The number of allylic oxidation sites excluding steroid dienone is 2. The Balaban J connectivity index is 0.00000306. The smallest absolute Gasteiger partial charge is 0.310 e. The summed E-state index contributed by atoms with van der Waals surface area (Å²) < 4.78 is 5.41. The molecule has 7 heteroatoms. The third-order valence-corrected chi connectivity index (χ3v) is 9.99. The Labute approximate surface area is 196 Å². The van der Waals surface area contributed by atoms with E-state index in [1.807, 2.05) is 6.92 Å². The number of carboxylic acid groups (broad SMARTS) is 2. The zero-order chi connectivity index (χ0) is 23.6. The van der Waals surface area contributed by atoms with Gasteiger partial charge in [0.2, 0.25) is 0 Å². The van der Waals surface area contributed by atoms with E-state index < -0.39 is 34.6 Å². The number of esters is 1. The van der Waals surface area contributed by atoms with E-state index in [0.717, 1.165) is 19.3 Å². The minimum Gasteiger partial charge on any atom is -0.481 e. The van der Waals surface area contributed by atoms with Crippen molar-refractivity contribution in [2.45, 2.75) is 73.1 Å². The maximum absolute atomic E-state index is 13.1. The molecule has 0 aromatic rings. The molecule has 3 fully saturated rings. The Hall–Kier alpha value is -1.89. The second-order valence-corrected chi connectivity index (χ2v) is 11.6. The molecule has 7 nitrogen and oxygen atoms in total. The number of carbonyl (C=O) groups is 3. The Morgan fingerprint density at radius 3 is 2.33 bits per heavy atom. The van der Waals surface area contributed by atoms with Crippen LogP contribution in [0.2, 0.25) is 0 Å². The fourth-order valence-corrected chi connectivity index (χ4v) is 8.79. The van der Waals surface area contributed by atoms with Gasteiger partial charge in [-0.25, -0.2) is 0 Å². The molecule has 0 aromatic heterocycles. The van der Waals surface area contributed by atoms with Gasteiger partial charge < -0.3 is 20.4 Å². The van der Waals surface area contributed by atoms with Gasteiger partial charge in [0.15, 0.2) is 0 Å². The summed E-state index contributed by atoms with van der Waals surface area (Å²) >= 11 is 0. The summed E-state index contributed by atoms with van der Waals surface area (Å²) in [6.07, 6.45) is 6.72. The van der Waals surface area contributed by atoms with Crippen molar-refractivity contribution in [3.8, 4) is 0 Å². The van der Waals surface area contributed by atoms with Gasteiger partial charge in [-0.15, -0.1) is 0 Å². The number of ether oxygens (including phenoxy) is 1. The van der Waals surface area contributed by atoms with Gasteiger partial charge in [0, 0.05) is 5.41 Å². The molecular formula is C26H40O7. The molecule has 33 heavy (non-hydrogen) atoms. The zero-order valence-corrected chi connectivity index (χ0v) is 20.5. The molecule has 8 atom stereocenters. The number of fused-ring (bicyclic) bond motifs is 2. The summed E-state index contributed by atoms with van der Waals surface area (Å²) in [5.41, 5.74) is -0.473. The molecule has 0 saturated heterocycles. The number of rotatable bonds is 5. The van der Waals surface area contributed by atoms with Crippen LogP contribution in [-0.2, 0) is 19.1 Å². The Morgan fingerprint density at radius 1 is 1.12 bits per heavy atom. The average molecular weight is 465 g/mol. The lowest BCUT2D eigenvalue weighted by atomic mass is 9.34. The summed E-state index contributed by atoms with van der Waals surface area (Å²) in [7, 11) is 0. The van der Waals surface area contributed by atoms with E-state index in [1.165, 1.54) is 5.57 Å². The molecule has 1 spiro atoms. The summed E-state index contributed by atoms with van der Waals surface area (Å²) in [5.74, 6) is -3.38. The lowest BCUT2D eigenvalue weighted by Crippen LogP contribution is -2.66. The van der Waals surface area contributed by atoms with Gasteiger partial charge in [0.05, 0.1) is 23.9 Å². The van der Waals surface area contributed by atoms with E-state index >= 15 is 0 Å². The lowest BCUT2D eigenvalue weighted by molar-refractivity contribution is -0.208. The second-order valence-electron chi connectivity index (χ2n) is 11.6. The summed E-state index contributed by atoms with van der Waals surface area (Å²) in [6.45, 7) is 10.3. The van der Waals surface area contributed by atoms with E-state index in [4.69, 9.17) is 4.74 Å². The molecule has 0 aromatic carbocycles. The maximum atomic E-state index is 13.1. The molecule has 2 bridgehead atoms. The molecule has 5 aliphatic rings. The van der Waals surface area contributed by atoms with Crippen molar-refractivity contribution in [3.63, 3.8) is 0 Å². The highest BCUT2D eigenvalue weighted by molar-refractivity contribution is 5.84. The number of carboxylic acids is 2. The summed E-state index contributed by atoms with van der Waals surface area (Å²) in [4.78, 5) is 38.2. The standard InChI is InChI=1S/C26H38O6.H2O/c1-6-32-22(29)19-15-12-18-24(4)9-7-10-25(5,23(30)31)17(24)8-11-26(18,20(19)21(27)28)13-16(15)14(2)3;/h13-15,17-20H,6-12H2,1-5H3,(H,27,28)(H,30,31);1H2/t15-,17+,18+,19+,20-,24-,25+,26-;/m0./s1. The van der Waals surface area contributed by atoms with E-state index in [9.17, 15) is 24.6 Å². The van der Waals surface area contributed by atoms with Crippen LogP contribution in [0.5, 0.6) is 0 Å². The van der Waals surface area contributed by atoms with Gasteiger partial charge in [0.1, 0.15) is 0 Å². The highest BCUT2D eigenvalue weighted by Crippen LogP contribution is 2.73. The second kappa shape index (κ2) is 8.40. The Kier molecular flexibility index (Phi) is 6.55. The topological polar surface area (TPSA) is 132 Å². The van der Waals surface area contributed by atoms with E-state index in [2.05, 4.69) is 26.8 Å². The van der Waals surface area contributed by atoms with Crippen LogP contribution in [0.3, 0.4) is 0 Å². The van der Waals surface area contributed by atoms with Crippen LogP contribution in [0.25, 0.3) is 0 Å². The third kappa shape index (κ3) is 3.36. The molecular weight excluding hydrogens is 424 g/mol. The minimum atomic E-state index is -0.921. The minimum absolute atomic E-state index is 0. The first-order chi connectivity index (χ1) is 14.9. The predicted molar refractivity (Wildman–Crippen MR) is 122 cm³/mol. The average Bonchev–Trinajstić information content (AvgIpc) is 2.72. The Bertz CT molecular complexity index is 863. The van der Waals surface area contributed by atoms with Crippen molar-refractivity contribution in [3.05, 3.63) is 11.6 Å². The van der Waals surface area contributed by atoms with Gasteiger partial charge in [-0.2, -0.15) is 0 Å². The Morgan fingerprint density at radius 2 is 1.79 bits per heavy atom. The zero-order valence-electron chi connectivity index (χ0n) is 20.5. The first-order valence-corrected chi connectivity index (χ1v) is 12.3. The van der Waals surface area contributed by atoms with Crippen LogP contribution < -0.4 is 0 Å². The SMILES string of the molecule is CCOC(=O)[C@H]1[C@@H](C(=O)O)[C@@]23C=C(C(C)C)[C@@H]1C[C@@H]2[C@@]1(C)CCC[C@@](C)(C(=O)O)[C@@H]1CC3.O.